The Labute approximate surface area is 90.9 Å². The summed E-state index contributed by atoms with van der Waals surface area (Å²) < 4.78 is 0. The fourth-order valence-corrected chi connectivity index (χ4v) is 1.20. The standard InChI is InChI=1S/C9H7ClN2O3/c1-6-8(12(14)15)5-7(3-2-4-13)9(10)11-6/h5,13H,4H2,1H3. The Kier molecular flexibility index (Phi) is 3.61. The van der Waals surface area contributed by atoms with Gasteiger partial charge in [-0.15, -0.1) is 0 Å². The first-order valence-electron chi connectivity index (χ1n) is 3.97. The highest BCUT2D eigenvalue weighted by atomic mass is 35.5. The van der Waals surface area contributed by atoms with E-state index in [1.807, 2.05) is 0 Å². The number of hydrogen-bond donors (Lipinski definition) is 1. The lowest BCUT2D eigenvalue weighted by atomic mass is 10.2. The van der Waals surface area contributed by atoms with E-state index in [4.69, 9.17) is 16.7 Å². The van der Waals surface area contributed by atoms with E-state index in [1.54, 1.807) is 0 Å². The van der Waals surface area contributed by atoms with Gasteiger partial charge in [-0.05, 0) is 6.92 Å². The summed E-state index contributed by atoms with van der Waals surface area (Å²) in [4.78, 5) is 13.8. The van der Waals surface area contributed by atoms with E-state index >= 15 is 0 Å². The molecule has 15 heavy (non-hydrogen) atoms. The summed E-state index contributed by atoms with van der Waals surface area (Å²) in [5.41, 5.74) is 0.337. The fourth-order valence-electron chi connectivity index (χ4n) is 0.973. The van der Waals surface area contributed by atoms with Crippen molar-refractivity contribution in [1.29, 1.82) is 0 Å². The molecule has 0 aliphatic rings. The van der Waals surface area contributed by atoms with E-state index in [-0.39, 0.29) is 28.7 Å². The Morgan fingerprint density at radius 2 is 2.40 bits per heavy atom. The van der Waals surface area contributed by atoms with Gasteiger partial charge in [0.2, 0.25) is 0 Å². The summed E-state index contributed by atoms with van der Waals surface area (Å²) in [5, 5.41) is 19.2. The molecule has 0 bridgehead atoms. The summed E-state index contributed by atoms with van der Waals surface area (Å²) in [5.74, 6) is 4.84. The predicted molar refractivity (Wildman–Crippen MR) is 54.6 cm³/mol. The number of aliphatic hydroxyl groups is 1. The van der Waals surface area contributed by atoms with Crippen LogP contribution in [-0.2, 0) is 0 Å². The van der Waals surface area contributed by atoms with Gasteiger partial charge < -0.3 is 5.11 Å². The van der Waals surface area contributed by atoms with Gasteiger partial charge in [0.05, 0.1) is 10.5 Å². The Balaban J connectivity index is 3.29. The zero-order chi connectivity index (χ0) is 11.4. The van der Waals surface area contributed by atoms with Crippen LogP contribution in [0.4, 0.5) is 5.69 Å². The second-order valence-electron chi connectivity index (χ2n) is 2.65. The minimum Gasteiger partial charge on any atom is -0.384 e. The molecule has 0 amide bonds. The average molecular weight is 227 g/mol. The van der Waals surface area contributed by atoms with Crippen molar-refractivity contribution in [3.8, 4) is 11.8 Å². The van der Waals surface area contributed by atoms with Crippen molar-refractivity contribution < 1.29 is 10.0 Å². The molecule has 0 saturated heterocycles. The average Bonchev–Trinajstić information content (AvgIpc) is 2.16. The number of rotatable bonds is 1. The quantitative estimate of drug-likeness (QED) is 0.339. The molecule has 1 heterocycles. The number of pyridine rings is 1. The lowest BCUT2D eigenvalue weighted by molar-refractivity contribution is -0.385. The monoisotopic (exact) mass is 226 g/mol. The molecular weight excluding hydrogens is 220 g/mol. The molecule has 78 valence electrons. The smallest absolute Gasteiger partial charge is 0.291 e. The van der Waals surface area contributed by atoms with Crippen molar-refractivity contribution in [1.82, 2.24) is 4.98 Å². The summed E-state index contributed by atoms with van der Waals surface area (Å²) in [7, 11) is 0. The summed E-state index contributed by atoms with van der Waals surface area (Å²) >= 11 is 5.72. The Hall–Kier alpha value is -1.64. The Morgan fingerprint density at radius 1 is 1.73 bits per heavy atom. The highest BCUT2D eigenvalue weighted by Gasteiger charge is 2.14. The van der Waals surface area contributed by atoms with E-state index < -0.39 is 4.92 Å². The fraction of sp³-hybridized carbons (Fsp3) is 0.222. The van der Waals surface area contributed by atoms with Crippen molar-refractivity contribution in [2.24, 2.45) is 0 Å². The number of halogens is 1. The predicted octanol–water partition coefficient (Wildman–Crippen LogP) is 1.30. The molecule has 5 nitrogen and oxygen atoms in total. The maximum Gasteiger partial charge on any atom is 0.291 e. The van der Waals surface area contributed by atoms with Crippen molar-refractivity contribution in [3.63, 3.8) is 0 Å². The largest absolute Gasteiger partial charge is 0.384 e. The summed E-state index contributed by atoms with van der Waals surface area (Å²) in [6.07, 6.45) is 0. The highest BCUT2D eigenvalue weighted by Crippen LogP contribution is 2.22. The normalized spacial score (nSPS) is 9.27. The van der Waals surface area contributed by atoms with Gasteiger partial charge in [0, 0.05) is 6.07 Å². The third kappa shape index (κ3) is 2.65. The Morgan fingerprint density at radius 3 is 2.93 bits per heavy atom. The second kappa shape index (κ2) is 4.73. The number of aryl methyl sites for hydroxylation is 1. The van der Waals surface area contributed by atoms with Crippen molar-refractivity contribution in [2.45, 2.75) is 6.92 Å². The van der Waals surface area contributed by atoms with Gasteiger partial charge in [0.15, 0.2) is 0 Å². The molecule has 0 fully saturated rings. The van der Waals surface area contributed by atoms with Crippen molar-refractivity contribution in [2.75, 3.05) is 6.61 Å². The van der Waals surface area contributed by atoms with Crippen LogP contribution in [0.5, 0.6) is 0 Å². The number of nitrogens with zero attached hydrogens (tertiary/aromatic N) is 2. The lowest BCUT2D eigenvalue weighted by Crippen LogP contribution is -1.96. The first kappa shape index (κ1) is 11.4. The van der Waals surface area contributed by atoms with E-state index in [2.05, 4.69) is 16.8 Å². The van der Waals surface area contributed by atoms with Crippen LogP contribution in [0.25, 0.3) is 0 Å². The molecular formula is C9H7ClN2O3. The van der Waals surface area contributed by atoms with Gasteiger partial charge in [0.1, 0.15) is 17.5 Å². The van der Waals surface area contributed by atoms with Gasteiger partial charge in [-0.1, -0.05) is 23.4 Å². The number of hydrogen-bond acceptors (Lipinski definition) is 4. The van der Waals surface area contributed by atoms with Crippen molar-refractivity contribution in [3.05, 3.63) is 32.6 Å². The summed E-state index contributed by atoms with van der Waals surface area (Å²) in [6.45, 7) is 1.16. The zero-order valence-electron chi connectivity index (χ0n) is 7.82. The SMILES string of the molecule is Cc1nc(Cl)c(C#CCO)cc1[N+](=O)[O-]. The van der Waals surface area contributed by atoms with Crippen LogP contribution in [0.15, 0.2) is 6.07 Å². The van der Waals surface area contributed by atoms with Gasteiger partial charge in [-0.3, -0.25) is 10.1 Å². The molecule has 0 unspecified atom stereocenters. The second-order valence-corrected chi connectivity index (χ2v) is 3.01. The van der Waals surface area contributed by atoms with Crippen molar-refractivity contribution >= 4 is 17.3 Å². The molecule has 0 aliphatic heterocycles. The third-order valence-corrected chi connectivity index (χ3v) is 1.93. The maximum absolute atomic E-state index is 10.6. The van der Waals surface area contributed by atoms with Crippen LogP contribution in [0.3, 0.4) is 0 Å². The van der Waals surface area contributed by atoms with E-state index in [0.717, 1.165) is 0 Å². The summed E-state index contributed by atoms with van der Waals surface area (Å²) in [6, 6.07) is 1.24. The lowest BCUT2D eigenvalue weighted by Gasteiger charge is -1.99. The first-order valence-corrected chi connectivity index (χ1v) is 4.35. The molecule has 1 rings (SSSR count). The minimum atomic E-state index is -0.553. The number of aromatic nitrogens is 1. The maximum atomic E-state index is 10.6. The van der Waals surface area contributed by atoms with Gasteiger partial charge >= 0.3 is 0 Å². The highest BCUT2D eigenvalue weighted by molar-refractivity contribution is 6.30. The molecule has 0 atom stereocenters. The molecule has 1 aromatic heterocycles. The van der Waals surface area contributed by atoms with E-state index in [0.29, 0.717) is 0 Å². The molecule has 6 heteroatoms. The van der Waals surface area contributed by atoms with Crippen LogP contribution in [-0.4, -0.2) is 21.6 Å². The minimum absolute atomic E-state index is 0.0963. The molecule has 0 aliphatic carbocycles. The topological polar surface area (TPSA) is 76.3 Å². The number of aliphatic hydroxyl groups excluding tert-OH is 1. The van der Waals surface area contributed by atoms with E-state index in [9.17, 15) is 10.1 Å². The molecule has 0 aromatic carbocycles. The van der Waals surface area contributed by atoms with Gasteiger partial charge in [0.25, 0.3) is 5.69 Å². The molecule has 0 radical (unpaired) electrons. The molecule has 1 N–H and O–H groups in total. The Bertz CT molecular complexity index is 462. The number of nitro groups is 1. The van der Waals surface area contributed by atoms with Crippen LogP contribution >= 0.6 is 11.6 Å². The first-order chi connectivity index (χ1) is 7.06. The van der Waals surface area contributed by atoms with Crippen LogP contribution in [0.2, 0.25) is 5.15 Å². The van der Waals surface area contributed by atoms with Gasteiger partial charge in [-0.25, -0.2) is 4.98 Å². The van der Waals surface area contributed by atoms with Crippen LogP contribution < -0.4 is 0 Å². The zero-order valence-corrected chi connectivity index (χ0v) is 8.58. The molecule has 0 saturated carbocycles. The van der Waals surface area contributed by atoms with E-state index in [1.165, 1.54) is 13.0 Å². The molecule has 1 aromatic rings. The third-order valence-electron chi connectivity index (χ3n) is 1.64. The van der Waals surface area contributed by atoms with Crippen LogP contribution in [0, 0.1) is 28.9 Å². The molecule has 0 spiro atoms. The van der Waals surface area contributed by atoms with Crippen LogP contribution in [0.1, 0.15) is 11.3 Å². The van der Waals surface area contributed by atoms with Gasteiger partial charge in [-0.2, -0.15) is 0 Å².